The molecule has 0 amide bonds. The SMILES string of the molecule is CS(=O)(=O)OC[C@@H]1CO[C@@](Cn2ccnc2)(c2ccc(Cl)cc2Cl)O1. The predicted octanol–water partition coefficient (Wildman–Crippen LogP) is 2.43. The fourth-order valence-corrected chi connectivity index (χ4v) is 3.53. The highest BCUT2D eigenvalue weighted by atomic mass is 35.5. The summed E-state index contributed by atoms with van der Waals surface area (Å²) >= 11 is 12.3. The quantitative estimate of drug-likeness (QED) is 0.685. The molecule has 1 aromatic heterocycles. The second-order valence-corrected chi connectivity index (χ2v) is 8.14. The summed E-state index contributed by atoms with van der Waals surface area (Å²) in [6.45, 7) is 0.294. The van der Waals surface area contributed by atoms with Gasteiger partial charge < -0.3 is 14.0 Å². The van der Waals surface area contributed by atoms with Crippen molar-refractivity contribution < 1.29 is 22.1 Å². The van der Waals surface area contributed by atoms with Gasteiger partial charge in [0.05, 0.1) is 37.4 Å². The maximum atomic E-state index is 11.2. The molecule has 3 rings (SSSR count). The zero-order valence-electron chi connectivity index (χ0n) is 13.3. The number of rotatable bonds is 6. The van der Waals surface area contributed by atoms with Gasteiger partial charge >= 0.3 is 0 Å². The summed E-state index contributed by atoms with van der Waals surface area (Å²) in [6, 6.07) is 5.01. The molecule has 0 unspecified atom stereocenters. The van der Waals surface area contributed by atoms with Gasteiger partial charge in [-0.05, 0) is 12.1 Å². The molecule has 136 valence electrons. The Hall–Kier alpha value is -1.16. The number of benzene rings is 1. The van der Waals surface area contributed by atoms with Crippen molar-refractivity contribution in [3.63, 3.8) is 0 Å². The van der Waals surface area contributed by atoms with Crippen LogP contribution in [-0.2, 0) is 36.1 Å². The number of hydrogen-bond donors (Lipinski definition) is 0. The number of hydrogen-bond acceptors (Lipinski definition) is 6. The van der Waals surface area contributed by atoms with Gasteiger partial charge in [-0.2, -0.15) is 8.42 Å². The van der Waals surface area contributed by atoms with Crippen molar-refractivity contribution in [2.45, 2.75) is 18.4 Å². The minimum Gasteiger partial charge on any atom is -0.342 e. The molecule has 7 nitrogen and oxygen atoms in total. The third-order valence-electron chi connectivity index (χ3n) is 3.62. The number of aromatic nitrogens is 2. The van der Waals surface area contributed by atoms with Crippen LogP contribution in [-0.4, -0.2) is 43.5 Å². The fourth-order valence-electron chi connectivity index (χ4n) is 2.57. The molecule has 1 aromatic carbocycles. The summed E-state index contributed by atoms with van der Waals surface area (Å²) in [6.07, 6.45) is 5.44. The van der Waals surface area contributed by atoms with Gasteiger partial charge in [0, 0.05) is 23.0 Å². The second kappa shape index (κ2) is 7.22. The van der Waals surface area contributed by atoms with E-state index >= 15 is 0 Å². The minimum absolute atomic E-state index is 0.143. The Balaban J connectivity index is 1.88. The number of ether oxygens (including phenoxy) is 2. The molecule has 0 N–H and O–H groups in total. The molecule has 0 saturated carbocycles. The van der Waals surface area contributed by atoms with E-state index in [2.05, 4.69) is 4.98 Å². The van der Waals surface area contributed by atoms with E-state index in [1.54, 1.807) is 41.5 Å². The van der Waals surface area contributed by atoms with E-state index in [9.17, 15) is 8.42 Å². The highest BCUT2D eigenvalue weighted by Crippen LogP contribution is 2.40. The summed E-state index contributed by atoms with van der Waals surface area (Å²) < 4.78 is 41.0. The van der Waals surface area contributed by atoms with Crippen molar-refractivity contribution in [2.24, 2.45) is 0 Å². The van der Waals surface area contributed by atoms with E-state index in [0.29, 0.717) is 15.6 Å². The first-order valence-electron chi connectivity index (χ1n) is 7.35. The zero-order chi connectivity index (χ0) is 18.1. The molecule has 1 fully saturated rings. The summed E-state index contributed by atoms with van der Waals surface area (Å²) in [5, 5.41) is 0.874. The van der Waals surface area contributed by atoms with Gasteiger partial charge in [0.2, 0.25) is 5.79 Å². The smallest absolute Gasteiger partial charge is 0.264 e. The Morgan fingerprint density at radius 2 is 2.24 bits per heavy atom. The van der Waals surface area contributed by atoms with Crippen LogP contribution in [0.4, 0.5) is 0 Å². The first-order chi connectivity index (χ1) is 11.8. The molecule has 1 aliphatic rings. The molecule has 0 spiro atoms. The van der Waals surface area contributed by atoms with Gasteiger partial charge in [0.1, 0.15) is 6.10 Å². The lowest BCUT2D eigenvalue weighted by molar-refractivity contribution is -0.189. The average molecular weight is 407 g/mol. The third kappa shape index (κ3) is 4.52. The van der Waals surface area contributed by atoms with Crippen LogP contribution in [0.25, 0.3) is 0 Å². The summed E-state index contributed by atoms with van der Waals surface area (Å²) in [5.41, 5.74) is 0.592. The molecular weight excluding hydrogens is 391 g/mol. The molecule has 1 saturated heterocycles. The van der Waals surface area contributed by atoms with E-state index in [1.807, 2.05) is 0 Å². The van der Waals surface area contributed by atoms with Crippen LogP contribution in [0.15, 0.2) is 36.9 Å². The second-order valence-electron chi connectivity index (χ2n) is 5.65. The van der Waals surface area contributed by atoms with Gasteiger partial charge in [-0.1, -0.05) is 29.3 Å². The van der Waals surface area contributed by atoms with E-state index in [-0.39, 0.29) is 19.8 Å². The van der Waals surface area contributed by atoms with Crippen molar-refractivity contribution in [3.8, 4) is 0 Å². The van der Waals surface area contributed by atoms with Crippen LogP contribution in [0, 0.1) is 0 Å². The van der Waals surface area contributed by atoms with Gasteiger partial charge in [-0.3, -0.25) is 4.18 Å². The summed E-state index contributed by atoms with van der Waals surface area (Å²) in [7, 11) is -3.57. The van der Waals surface area contributed by atoms with Crippen molar-refractivity contribution >= 4 is 33.3 Å². The van der Waals surface area contributed by atoms with Gasteiger partial charge in [-0.25, -0.2) is 4.98 Å². The van der Waals surface area contributed by atoms with Crippen molar-refractivity contribution in [3.05, 3.63) is 52.5 Å². The Morgan fingerprint density at radius 1 is 1.44 bits per heavy atom. The lowest BCUT2D eigenvalue weighted by Crippen LogP contribution is -2.34. The number of imidazole rings is 1. The molecular formula is C15H16Cl2N2O5S. The van der Waals surface area contributed by atoms with E-state index in [0.717, 1.165) is 6.26 Å². The maximum absolute atomic E-state index is 11.2. The standard InChI is InChI=1S/C15H16Cl2N2O5S/c1-25(20,21)23-8-12-7-22-15(24-12,9-19-5-4-18-10-19)13-3-2-11(16)6-14(13)17/h2-6,10,12H,7-9H2,1H3/t12-,15+/m0/s1. The molecule has 0 bridgehead atoms. The van der Waals surface area contributed by atoms with Crippen molar-refractivity contribution in [1.82, 2.24) is 9.55 Å². The van der Waals surface area contributed by atoms with Gasteiger partial charge in [0.25, 0.3) is 10.1 Å². The van der Waals surface area contributed by atoms with Gasteiger partial charge in [-0.15, -0.1) is 0 Å². The lowest BCUT2D eigenvalue weighted by Gasteiger charge is -2.29. The largest absolute Gasteiger partial charge is 0.342 e. The molecule has 10 heteroatoms. The van der Waals surface area contributed by atoms with Gasteiger partial charge in [0.15, 0.2) is 0 Å². The third-order valence-corrected chi connectivity index (χ3v) is 4.73. The molecule has 2 heterocycles. The average Bonchev–Trinajstić information content (AvgIpc) is 3.15. The first-order valence-corrected chi connectivity index (χ1v) is 9.92. The fraction of sp³-hybridized carbons (Fsp3) is 0.400. The van der Waals surface area contributed by atoms with Crippen LogP contribution in [0.3, 0.4) is 0 Å². The van der Waals surface area contributed by atoms with E-state index in [1.165, 1.54) is 0 Å². The minimum atomic E-state index is -3.57. The first kappa shape index (κ1) is 18.6. The predicted molar refractivity (Wildman–Crippen MR) is 92.0 cm³/mol. The van der Waals surface area contributed by atoms with Crippen molar-refractivity contribution in [2.75, 3.05) is 19.5 Å². The molecule has 25 heavy (non-hydrogen) atoms. The van der Waals surface area contributed by atoms with E-state index < -0.39 is 22.0 Å². The molecule has 2 atom stereocenters. The van der Waals surface area contributed by atoms with Crippen LogP contribution >= 0.6 is 23.2 Å². The molecule has 0 aliphatic carbocycles. The highest BCUT2D eigenvalue weighted by molar-refractivity contribution is 7.85. The van der Waals surface area contributed by atoms with Crippen LogP contribution in [0.5, 0.6) is 0 Å². The number of halogens is 2. The van der Waals surface area contributed by atoms with Crippen LogP contribution in [0.2, 0.25) is 10.0 Å². The molecule has 0 radical (unpaired) electrons. The molecule has 1 aliphatic heterocycles. The van der Waals surface area contributed by atoms with E-state index in [4.69, 9.17) is 36.9 Å². The van der Waals surface area contributed by atoms with Crippen LogP contribution in [0.1, 0.15) is 5.56 Å². The summed E-state index contributed by atoms with van der Waals surface area (Å²) in [4.78, 5) is 4.01. The molecule has 2 aromatic rings. The Labute approximate surface area is 155 Å². The van der Waals surface area contributed by atoms with Crippen molar-refractivity contribution in [1.29, 1.82) is 0 Å². The number of nitrogens with zero attached hydrogens (tertiary/aromatic N) is 2. The Kier molecular flexibility index (Phi) is 5.38. The zero-order valence-corrected chi connectivity index (χ0v) is 15.6. The highest BCUT2D eigenvalue weighted by Gasteiger charge is 2.45. The van der Waals surface area contributed by atoms with Crippen LogP contribution < -0.4 is 0 Å². The summed E-state index contributed by atoms with van der Waals surface area (Å²) in [5.74, 6) is -1.20. The normalized spacial score (nSPS) is 23.9. The Bertz CT molecular complexity index is 844. The lowest BCUT2D eigenvalue weighted by atomic mass is 10.1. The monoisotopic (exact) mass is 406 g/mol. The maximum Gasteiger partial charge on any atom is 0.264 e. The topological polar surface area (TPSA) is 79.7 Å². The Morgan fingerprint density at radius 3 is 2.88 bits per heavy atom.